The smallest absolute Gasteiger partial charge is 0.264 e. The van der Waals surface area contributed by atoms with Crippen LogP contribution in [0.15, 0.2) is 71.6 Å². The summed E-state index contributed by atoms with van der Waals surface area (Å²) in [5, 5.41) is 3.16. The van der Waals surface area contributed by atoms with Gasteiger partial charge in [0.2, 0.25) is 11.8 Å². The average molecular weight is 600 g/mol. The number of carbonyl (C=O) groups is 2. The molecular weight excluding hydrogens is 562 g/mol. The summed E-state index contributed by atoms with van der Waals surface area (Å²) in [6, 6.07) is 17.7. The summed E-state index contributed by atoms with van der Waals surface area (Å²) in [6.45, 7) is 7.49. The zero-order valence-electron chi connectivity index (χ0n) is 24.2. The first-order chi connectivity index (χ1) is 19.5. The highest BCUT2D eigenvalue weighted by Crippen LogP contribution is 2.35. The molecule has 0 fully saturated rings. The third-order valence-electron chi connectivity index (χ3n) is 6.73. The predicted molar refractivity (Wildman–Crippen MR) is 163 cm³/mol. The molecule has 3 rings (SSSR count). The fourth-order valence-corrected chi connectivity index (χ4v) is 5.92. The van der Waals surface area contributed by atoms with Gasteiger partial charge in [0.15, 0.2) is 0 Å². The van der Waals surface area contributed by atoms with Crippen molar-refractivity contribution in [1.82, 2.24) is 10.2 Å². The van der Waals surface area contributed by atoms with Gasteiger partial charge in [-0.3, -0.25) is 13.9 Å². The topological polar surface area (TPSA) is 96.0 Å². The van der Waals surface area contributed by atoms with Crippen molar-refractivity contribution in [3.8, 4) is 5.75 Å². The van der Waals surface area contributed by atoms with Crippen molar-refractivity contribution in [3.63, 3.8) is 0 Å². The minimum absolute atomic E-state index is 0.00789. The molecule has 41 heavy (non-hydrogen) atoms. The highest BCUT2D eigenvalue weighted by atomic mass is 35.5. The Labute approximate surface area is 248 Å². The van der Waals surface area contributed by atoms with Gasteiger partial charge < -0.3 is 15.0 Å². The van der Waals surface area contributed by atoms with Gasteiger partial charge in [-0.25, -0.2) is 8.42 Å². The number of rotatable bonds is 13. The Balaban J connectivity index is 2.07. The lowest BCUT2D eigenvalue weighted by Gasteiger charge is -2.32. The molecule has 0 heterocycles. The van der Waals surface area contributed by atoms with Crippen LogP contribution >= 0.6 is 11.6 Å². The van der Waals surface area contributed by atoms with Crippen LogP contribution in [0.1, 0.15) is 43.4 Å². The summed E-state index contributed by atoms with van der Waals surface area (Å²) in [5.74, 6) is -0.636. The van der Waals surface area contributed by atoms with E-state index in [9.17, 15) is 18.0 Å². The first kappa shape index (κ1) is 32.0. The largest absolute Gasteiger partial charge is 0.495 e. The molecule has 0 saturated carbocycles. The zero-order chi connectivity index (χ0) is 30.2. The van der Waals surface area contributed by atoms with Crippen LogP contribution in [-0.4, -0.2) is 51.4 Å². The molecule has 0 radical (unpaired) electrons. The molecule has 0 bridgehead atoms. The number of ether oxygens (including phenoxy) is 1. The van der Waals surface area contributed by atoms with Crippen molar-refractivity contribution in [2.24, 2.45) is 0 Å². The molecule has 0 aliphatic carbocycles. The number of hydrogen-bond acceptors (Lipinski definition) is 5. The van der Waals surface area contributed by atoms with E-state index in [1.807, 2.05) is 45.0 Å². The van der Waals surface area contributed by atoms with Crippen molar-refractivity contribution < 1.29 is 22.7 Å². The van der Waals surface area contributed by atoms with E-state index in [0.29, 0.717) is 6.54 Å². The number of nitrogens with zero attached hydrogens (tertiary/aromatic N) is 2. The third kappa shape index (κ3) is 8.24. The predicted octanol–water partition coefficient (Wildman–Crippen LogP) is 5.49. The number of anilines is 1. The Morgan fingerprint density at radius 2 is 1.71 bits per heavy atom. The van der Waals surface area contributed by atoms with Crippen molar-refractivity contribution >= 4 is 39.1 Å². The SMILES string of the molecule is CCCCNC(=O)C(C)N(Cc1cccc(C)c1)C(=O)CN(c1cc(Cl)ccc1OC)S(=O)(=O)c1ccc(C)cc1. The van der Waals surface area contributed by atoms with Crippen molar-refractivity contribution in [1.29, 1.82) is 0 Å². The van der Waals surface area contributed by atoms with Gasteiger partial charge >= 0.3 is 0 Å². The van der Waals surface area contributed by atoms with E-state index < -0.39 is 28.5 Å². The second-order valence-corrected chi connectivity index (χ2v) is 12.3. The van der Waals surface area contributed by atoms with Crippen LogP contribution in [0, 0.1) is 13.8 Å². The van der Waals surface area contributed by atoms with Crippen LogP contribution < -0.4 is 14.4 Å². The lowest BCUT2D eigenvalue weighted by Crippen LogP contribution is -2.51. The molecule has 0 aliphatic heterocycles. The minimum Gasteiger partial charge on any atom is -0.495 e. The number of carbonyl (C=O) groups excluding carboxylic acids is 2. The Hall–Kier alpha value is -3.56. The minimum atomic E-state index is -4.25. The molecule has 3 aromatic rings. The molecule has 1 N–H and O–H groups in total. The van der Waals surface area contributed by atoms with Crippen LogP contribution in [0.2, 0.25) is 5.02 Å². The number of halogens is 1. The fourth-order valence-electron chi connectivity index (χ4n) is 4.33. The van der Waals surface area contributed by atoms with Gasteiger partial charge in [0.25, 0.3) is 10.0 Å². The van der Waals surface area contributed by atoms with Gasteiger partial charge in [0.05, 0.1) is 17.7 Å². The maximum atomic E-state index is 14.1. The summed E-state index contributed by atoms with van der Waals surface area (Å²) in [7, 11) is -2.83. The van der Waals surface area contributed by atoms with E-state index in [1.54, 1.807) is 31.2 Å². The van der Waals surface area contributed by atoms with Gasteiger partial charge in [-0.1, -0.05) is 72.5 Å². The number of amides is 2. The summed E-state index contributed by atoms with van der Waals surface area (Å²) < 4.78 is 34.5. The Morgan fingerprint density at radius 3 is 2.34 bits per heavy atom. The van der Waals surface area contributed by atoms with Gasteiger partial charge in [-0.15, -0.1) is 0 Å². The summed E-state index contributed by atoms with van der Waals surface area (Å²) in [4.78, 5) is 28.6. The molecule has 0 spiro atoms. The Kier molecular flexibility index (Phi) is 11.2. The zero-order valence-corrected chi connectivity index (χ0v) is 25.8. The maximum absolute atomic E-state index is 14.1. The van der Waals surface area contributed by atoms with E-state index in [-0.39, 0.29) is 33.8 Å². The molecule has 1 unspecified atom stereocenters. The number of methoxy groups -OCH3 is 1. The Bertz CT molecular complexity index is 1460. The highest BCUT2D eigenvalue weighted by Gasteiger charge is 2.34. The molecule has 0 aromatic heterocycles. The van der Waals surface area contributed by atoms with Gasteiger partial charge in [0.1, 0.15) is 18.3 Å². The molecule has 8 nitrogen and oxygen atoms in total. The number of sulfonamides is 1. The van der Waals surface area contributed by atoms with Gasteiger partial charge in [-0.2, -0.15) is 0 Å². The van der Waals surface area contributed by atoms with E-state index >= 15 is 0 Å². The lowest BCUT2D eigenvalue weighted by molar-refractivity contribution is -0.139. The molecule has 220 valence electrons. The summed E-state index contributed by atoms with van der Waals surface area (Å²) in [6.07, 6.45) is 1.72. The molecule has 2 amide bonds. The standard InChI is InChI=1S/C31H38ClN3O5S/c1-6-7-17-33-31(37)24(4)34(20-25-10-8-9-23(3)18-25)30(36)21-35(28-19-26(32)13-16-29(28)40-5)41(38,39)27-14-11-22(2)12-15-27/h8-16,18-19,24H,6-7,17,20-21H2,1-5H3,(H,33,37). The second-order valence-electron chi connectivity index (χ2n) is 9.97. The molecule has 0 saturated heterocycles. The molecule has 10 heteroatoms. The van der Waals surface area contributed by atoms with E-state index in [0.717, 1.165) is 33.8 Å². The van der Waals surface area contributed by atoms with Crippen molar-refractivity contribution in [2.75, 3.05) is 24.5 Å². The molecule has 0 aliphatic rings. The maximum Gasteiger partial charge on any atom is 0.264 e. The first-order valence-electron chi connectivity index (χ1n) is 13.5. The van der Waals surface area contributed by atoms with Gasteiger partial charge in [0, 0.05) is 18.1 Å². The second kappa shape index (κ2) is 14.4. The van der Waals surface area contributed by atoms with Gasteiger partial charge in [-0.05, 0) is 63.1 Å². The lowest BCUT2D eigenvalue weighted by atomic mass is 10.1. The van der Waals surface area contributed by atoms with Crippen molar-refractivity contribution in [2.45, 2.75) is 58.0 Å². The number of benzene rings is 3. The number of nitrogens with one attached hydrogen (secondary N) is 1. The van der Waals surface area contributed by atoms with Crippen molar-refractivity contribution in [3.05, 3.63) is 88.4 Å². The van der Waals surface area contributed by atoms with Crippen LogP contribution in [0.3, 0.4) is 0 Å². The number of hydrogen-bond donors (Lipinski definition) is 1. The number of unbranched alkanes of at least 4 members (excludes halogenated alkanes) is 1. The van der Waals surface area contributed by atoms with Crippen LogP contribution in [0.25, 0.3) is 0 Å². The third-order valence-corrected chi connectivity index (χ3v) is 8.74. The van der Waals surface area contributed by atoms with E-state index in [1.165, 1.54) is 30.2 Å². The summed E-state index contributed by atoms with van der Waals surface area (Å²) in [5.41, 5.74) is 2.82. The van der Waals surface area contributed by atoms with E-state index in [4.69, 9.17) is 16.3 Å². The number of aryl methyl sites for hydroxylation is 2. The normalized spacial score (nSPS) is 12.0. The Morgan fingerprint density at radius 1 is 1.00 bits per heavy atom. The van der Waals surface area contributed by atoms with E-state index in [2.05, 4.69) is 5.32 Å². The average Bonchev–Trinajstić information content (AvgIpc) is 2.94. The van der Waals surface area contributed by atoms with Crippen LogP contribution in [-0.2, 0) is 26.2 Å². The first-order valence-corrected chi connectivity index (χ1v) is 15.4. The molecular formula is C31H38ClN3O5S. The quantitative estimate of drug-likeness (QED) is 0.262. The monoisotopic (exact) mass is 599 g/mol. The van der Waals surface area contributed by atoms with Crippen LogP contribution in [0.5, 0.6) is 5.75 Å². The van der Waals surface area contributed by atoms with Crippen LogP contribution in [0.4, 0.5) is 5.69 Å². The molecule has 1 atom stereocenters. The molecule has 3 aromatic carbocycles. The summed E-state index contributed by atoms with van der Waals surface area (Å²) >= 11 is 6.28. The highest BCUT2D eigenvalue weighted by molar-refractivity contribution is 7.92. The fraction of sp³-hybridized carbons (Fsp3) is 0.355.